The Balaban J connectivity index is 2.25. The summed E-state index contributed by atoms with van der Waals surface area (Å²) in [6.07, 6.45) is 3.64. The molecule has 1 atom stereocenters. The average molecular weight is 286 g/mol. The van der Waals surface area contributed by atoms with Gasteiger partial charge in [0.2, 0.25) is 0 Å². The van der Waals surface area contributed by atoms with E-state index in [0.717, 1.165) is 12.8 Å². The summed E-state index contributed by atoms with van der Waals surface area (Å²) in [5.74, 6) is 0. The van der Waals surface area contributed by atoms with Gasteiger partial charge in [0.25, 0.3) is 0 Å². The lowest BCUT2D eigenvalue weighted by molar-refractivity contribution is -0.734. The van der Waals surface area contributed by atoms with Crippen LogP contribution in [0.2, 0.25) is 0 Å². The van der Waals surface area contributed by atoms with Crippen LogP contribution in [0.1, 0.15) is 19.8 Å². The van der Waals surface area contributed by atoms with Gasteiger partial charge in [0.05, 0.1) is 0 Å². The number of hydrogen-bond donors (Lipinski definition) is 2. The summed E-state index contributed by atoms with van der Waals surface area (Å²) < 4.78 is 0. The van der Waals surface area contributed by atoms with E-state index < -0.39 is 0 Å². The van der Waals surface area contributed by atoms with Gasteiger partial charge >= 0.3 is 0 Å². The van der Waals surface area contributed by atoms with Gasteiger partial charge in [0.15, 0.2) is 6.21 Å². The highest BCUT2D eigenvalue weighted by Gasteiger charge is 2.20. The molecule has 0 amide bonds. The van der Waals surface area contributed by atoms with Crippen molar-refractivity contribution >= 4 is 24.7 Å². The van der Waals surface area contributed by atoms with Gasteiger partial charge in [0.1, 0.15) is 0 Å². The van der Waals surface area contributed by atoms with E-state index in [1.807, 2.05) is 0 Å². The minimum atomic E-state index is -0.358. The second-order valence-electron chi connectivity index (χ2n) is 4.80. The lowest BCUT2D eigenvalue weighted by Crippen LogP contribution is -2.64. The zero-order valence-electron chi connectivity index (χ0n) is 11.7. The minimum Gasteiger partial charge on any atom is -0.293 e. The monoisotopic (exact) mass is 286 g/mol. The molecule has 0 radical (unpaired) electrons. The third-order valence-electron chi connectivity index (χ3n) is 3.33. The third-order valence-corrected chi connectivity index (χ3v) is 6.18. The fourth-order valence-corrected chi connectivity index (χ4v) is 5.06. The van der Waals surface area contributed by atoms with Crippen molar-refractivity contribution in [1.82, 2.24) is 0 Å². The smallest absolute Gasteiger partial charge is 0.189 e. The summed E-state index contributed by atoms with van der Waals surface area (Å²) in [5, 5.41) is 13.6. The molecule has 2 nitrogen and oxygen atoms in total. The molecule has 3 heteroatoms. The first-order valence-corrected chi connectivity index (χ1v) is 8.34. The molecule has 0 aromatic heterocycles. The normalized spacial score (nSPS) is 12.9. The Kier molecular flexibility index (Phi) is 5.76. The first kappa shape index (κ1) is 14.7. The number of rotatable bonds is 6. The summed E-state index contributed by atoms with van der Waals surface area (Å²) in [5.41, 5.74) is 0.569. The molecular weight excluding hydrogens is 265 g/mol. The first-order chi connectivity index (χ1) is 9.83. The van der Waals surface area contributed by atoms with Crippen LogP contribution in [0.5, 0.6) is 0 Å². The molecule has 2 N–H and O–H groups in total. The molecule has 0 saturated carbocycles. The fourth-order valence-electron chi connectivity index (χ4n) is 2.35. The fraction of sp³-hybridized carbons (Fsp3) is 0.235. The molecule has 2 aromatic rings. The quantitative estimate of drug-likeness (QED) is 0.361. The van der Waals surface area contributed by atoms with Gasteiger partial charge in [-0.05, 0) is 35.8 Å². The average Bonchev–Trinajstić information content (AvgIpc) is 2.50. The molecule has 1 unspecified atom stereocenters. The Morgan fingerprint density at radius 1 is 1.00 bits per heavy atom. The van der Waals surface area contributed by atoms with Gasteiger partial charge in [-0.3, -0.25) is 5.21 Å². The van der Waals surface area contributed by atoms with E-state index in [1.54, 1.807) is 6.21 Å². The van der Waals surface area contributed by atoms with Crippen molar-refractivity contribution < 1.29 is 10.4 Å². The molecule has 0 fully saturated rings. The largest absolute Gasteiger partial charge is 0.293 e. The maximum atomic E-state index is 8.65. The Morgan fingerprint density at radius 3 is 1.95 bits per heavy atom. The zero-order valence-corrected chi connectivity index (χ0v) is 12.6. The molecule has 2 rings (SSSR count). The van der Waals surface area contributed by atoms with Crippen LogP contribution in [0.15, 0.2) is 60.7 Å². The van der Waals surface area contributed by atoms with E-state index in [4.69, 9.17) is 5.21 Å². The Labute approximate surface area is 121 Å². The molecule has 0 aliphatic carbocycles. The minimum absolute atomic E-state index is 0.358. The van der Waals surface area contributed by atoms with Crippen LogP contribution < -0.4 is 15.8 Å². The summed E-state index contributed by atoms with van der Waals surface area (Å²) in [7, 11) is -0.358. The van der Waals surface area contributed by atoms with Crippen LogP contribution in [-0.2, 0) is 0 Å². The van der Waals surface area contributed by atoms with Gasteiger partial charge in [-0.15, -0.1) is 0 Å². The van der Waals surface area contributed by atoms with Crippen molar-refractivity contribution in [1.29, 1.82) is 0 Å². The molecule has 2 aromatic carbocycles. The second-order valence-corrected chi connectivity index (χ2v) is 7.46. The van der Waals surface area contributed by atoms with Crippen molar-refractivity contribution in [3.05, 3.63) is 60.7 Å². The molecule has 0 saturated heterocycles. The number of hydrogen-bond acceptors (Lipinski definition) is 1. The Bertz CT molecular complexity index is 488. The zero-order chi connectivity index (χ0) is 14.2. The molecule has 0 spiro atoms. The summed E-state index contributed by atoms with van der Waals surface area (Å²) in [4.78, 5) is 0. The van der Waals surface area contributed by atoms with E-state index >= 15 is 0 Å². The lowest BCUT2D eigenvalue weighted by Gasteiger charge is -2.25. The van der Waals surface area contributed by atoms with Crippen LogP contribution in [0.4, 0.5) is 0 Å². The van der Waals surface area contributed by atoms with E-state index in [1.165, 1.54) is 10.6 Å². The molecule has 0 aliphatic rings. The van der Waals surface area contributed by atoms with Crippen LogP contribution in [0.25, 0.3) is 0 Å². The summed E-state index contributed by atoms with van der Waals surface area (Å²) in [6.45, 7) is 2.30. The van der Waals surface area contributed by atoms with Crippen LogP contribution >= 0.6 is 7.92 Å². The van der Waals surface area contributed by atoms with E-state index in [-0.39, 0.29) is 7.92 Å². The van der Waals surface area contributed by atoms with Gasteiger partial charge < -0.3 is 0 Å². The highest BCUT2D eigenvalue weighted by Crippen LogP contribution is 2.41. The van der Waals surface area contributed by atoms with Crippen LogP contribution in [0, 0.1) is 0 Å². The van der Waals surface area contributed by atoms with E-state index in [9.17, 15) is 0 Å². The van der Waals surface area contributed by atoms with Crippen molar-refractivity contribution in [2.24, 2.45) is 0 Å². The first-order valence-electron chi connectivity index (χ1n) is 6.93. The predicted molar refractivity (Wildman–Crippen MR) is 86.6 cm³/mol. The second kappa shape index (κ2) is 7.81. The van der Waals surface area contributed by atoms with Gasteiger partial charge in [0, 0.05) is 6.42 Å². The highest BCUT2D eigenvalue weighted by molar-refractivity contribution is 7.73. The SMILES string of the molecule is CC(CC/C=[NH+]/O)P(c1ccccc1)c1ccccc1. The van der Waals surface area contributed by atoms with Crippen molar-refractivity contribution in [2.45, 2.75) is 25.4 Å². The molecule has 20 heavy (non-hydrogen) atoms. The maximum Gasteiger partial charge on any atom is 0.189 e. The van der Waals surface area contributed by atoms with Gasteiger partial charge in [-0.25, -0.2) is 0 Å². The molecule has 0 bridgehead atoms. The van der Waals surface area contributed by atoms with E-state index in [0.29, 0.717) is 5.66 Å². The van der Waals surface area contributed by atoms with Gasteiger partial charge in [-0.2, -0.15) is 0 Å². The number of benzene rings is 2. The summed E-state index contributed by atoms with van der Waals surface area (Å²) in [6, 6.07) is 21.5. The lowest BCUT2D eigenvalue weighted by atomic mass is 10.3. The topological polar surface area (TPSA) is 34.2 Å². The van der Waals surface area contributed by atoms with Crippen molar-refractivity contribution in [3.8, 4) is 0 Å². The van der Waals surface area contributed by atoms with Crippen LogP contribution in [0.3, 0.4) is 0 Å². The summed E-state index contributed by atoms with van der Waals surface area (Å²) >= 11 is 0. The van der Waals surface area contributed by atoms with Gasteiger partial charge in [-0.1, -0.05) is 67.6 Å². The third kappa shape index (κ3) is 3.91. The van der Waals surface area contributed by atoms with Crippen molar-refractivity contribution in [2.75, 3.05) is 0 Å². The van der Waals surface area contributed by atoms with E-state index in [2.05, 4.69) is 72.7 Å². The number of nitrogens with one attached hydrogen (secondary N) is 1. The van der Waals surface area contributed by atoms with Crippen LogP contribution in [-0.4, -0.2) is 17.1 Å². The van der Waals surface area contributed by atoms with Crippen molar-refractivity contribution in [3.63, 3.8) is 0 Å². The Morgan fingerprint density at radius 2 is 1.50 bits per heavy atom. The Hall–Kier alpha value is -1.66. The standard InChI is InChI=1S/C17H20NOP/c1-15(9-8-14-18-19)20(16-10-4-2-5-11-16)17-12-6-3-7-13-17/h2-7,10-15,19H,8-9H2,1H3/p+1/b18-14+. The molecule has 104 valence electrons. The molecule has 0 heterocycles. The molecular formula is C17H21NOP+. The predicted octanol–water partition coefficient (Wildman–Crippen LogP) is 1.83. The highest BCUT2D eigenvalue weighted by atomic mass is 31.1. The molecule has 0 aliphatic heterocycles. The maximum absolute atomic E-state index is 8.65.